The van der Waals surface area contributed by atoms with Crippen molar-refractivity contribution in [3.63, 3.8) is 0 Å². The van der Waals surface area contributed by atoms with Crippen LogP contribution in [0.2, 0.25) is 0 Å². The number of carbonyl (C=O) groups excluding carboxylic acids is 2. The molecular formula is C18H19N2O5S. The highest BCUT2D eigenvalue weighted by Gasteiger charge is 2.17. The molecule has 2 amide bonds. The lowest BCUT2D eigenvalue weighted by atomic mass is 10.2. The molecule has 8 heteroatoms. The molecule has 2 N–H and O–H groups in total. The van der Waals surface area contributed by atoms with Gasteiger partial charge in [-0.1, -0.05) is 23.8 Å². The molecule has 1 radical (unpaired) electrons. The van der Waals surface area contributed by atoms with E-state index in [1.54, 1.807) is 18.2 Å². The van der Waals surface area contributed by atoms with Crippen molar-refractivity contribution in [1.82, 2.24) is 4.72 Å². The third kappa shape index (κ3) is 5.32. The first-order valence-corrected chi connectivity index (χ1v) is 9.27. The fraction of sp³-hybridized carbons (Fsp3) is 0.167. The molecule has 0 spiro atoms. The predicted molar refractivity (Wildman–Crippen MR) is 97.2 cm³/mol. The Labute approximate surface area is 152 Å². The summed E-state index contributed by atoms with van der Waals surface area (Å²) in [5.74, 6) is -0.551. The number of nitrogens with one attached hydrogen (secondary N) is 2. The number of ether oxygens (including phenoxy) is 1. The maximum absolute atomic E-state index is 12.2. The summed E-state index contributed by atoms with van der Waals surface area (Å²) in [6.45, 7) is 5.58. The molecule has 0 aliphatic rings. The van der Waals surface area contributed by atoms with E-state index < -0.39 is 22.0 Å². The summed E-state index contributed by atoms with van der Waals surface area (Å²) in [6.07, 6.45) is 0.447. The number of amides is 2. The zero-order chi connectivity index (χ0) is 19.2. The summed E-state index contributed by atoms with van der Waals surface area (Å²) < 4.78 is 31.3. The van der Waals surface area contributed by atoms with E-state index >= 15 is 0 Å². The maximum atomic E-state index is 12.2. The molecule has 2 rings (SSSR count). The minimum atomic E-state index is -4.00. The minimum absolute atomic E-state index is 0.0243. The van der Waals surface area contributed by atoms with E-state index in [9.17, 15) is 18.0 Å². The number of benzene rings is 2. The quantitative estimate of drug-likeness (QED) is 0.756. The molecular weight excluding hydrogens is 356 g/mol. The van der Waals surface area contributed by atoms with Crippen LogP contribution in [0, 0.1) is 13.8 Å². The number of carbonyl (C=O) groups is 2. The number of hydrogen-bond acceptors (Lipinski definition) is 5. The highest BCUT2D eigenvalue weighted by Crippen LogP contribution is 2.13. The topological polar surface area (TPSA) is 102 Å². The lowest BCUT2D eigenvalue weighted by Gasteiger charge is -2.10. The zero-order valence-electron chi connectivity index (χ0n) is 14.2. The minimum Gasteiger partial charge on any atom is -0.462 e. The van der Waals surface area contributed by atoms with E-state index in [1.807, 2.05) is 11.6 Å². The first-order valence-electron chi connectivity index (χ1n) is 7.79. The fourth-order valence-corrected chi connectivity index (χ4v) is 2.93. The van der Waals surface area contributed by atoms with Gasteiger partial charge in [0.1, 0.15) is 0 Å². The second-order valence-corrected chi connectivity index (χ2v) is 7.13. The van der Waals surface area contributed by atoms with Crippen LogP contribution in [-0.2, 0) is 14.8 Å². The Hall–Kier alpha value is -2.87. The van der Waals surface area contributed by atoms with Crippen LogP contribution in [0.15, 0.2) is 53.4 Å². The van der Waals surface area contributed by atoms with Gasteiger partial charge in [0, 0.05) is 5.69 Å². The summed E-state index contributed by atoms with van der Waals surface area (Å²) >= 11 is 0. The van der Waals surface area contributed by atoms with Crippen molar-refractivity contribution in [3.8, 4) is 0 Å². The van der Waals surface area contributed by atoms with Crippen molar-refractivity contribution in [3.05, 3.63) is 66.6 Å². The van der Waals surface area contributed by atoms with Gasteiger partial charge in [-0.05, 0) is 50.6 Å². The van der Waals surface area contributed by atoms with Crippen LogP contribution >= 0.6 is 0 Å². The lowest BCUT2D eigenvalue weighted by Crippen LogP contribution is -2.34. The Morgan fingerprint density at radius 2 is 1.81 bits per heavy atom. The average Bonchev–Trinajstić information content (AvgIpc) is 2.59. The average molecular weight is 375 g/mol. The van der Waals surface area contributed by atoms with E-state index in [4.69, 9.17) is 4.74 Å². The molecule has 0 unspecified atom stereocenters. The Balaban J connectivity index is 2.05. The molecule has 0 bridgehead atoms. The van der Waals surface area contributed by atoms with E-state index in [1.165, 1.54) is 30.3 Å². The van der Waals surface area contributed by atoms with Crippen LogP contribution in [-0.4, -0.2) is 27.0 Å². The first-order chi connectivity index (χ1) is 12.3. The van der Waals surface area contributed by atoms with Gasteiger partial charge in [0.2, 0.25) is 0 Å². The van der Waals surface area contributed by atoms with E-state index in [0.717, 1.165) is 5.56 Å². The van der Waals surface area contributed by atoms with Gasteiger partial charge in [0.15, 0.2) is 0 Å². The Morgan fingerprint density at radius 3 is 2.46 bits per heavy atom. The Kier molecular flexibility index (Phi) is 6.35. The summed E-state index contributed by atoms with van der Waals surface area (Å²) in [7, 11) is -4.00. The molecule has 0 heterocycles. The molecule has 0 fully saturated rings. The number of sulfonamides is 1. The molecule has 7 nitrogen and oxygen atoms in total. The van der Waals surface area contributed by atoms with Crippen molar-refractivity contribution in [2.24, 2.45) is 0 Å². The van der Waals surface area contributed by atoms with Gasteiger partial charge in [-0.25, -0.2) is 22.7 Å². The van der Waals surface area contributed by atoms with E-state index in [0.29, 0.717) is 6.42 Å². The second-order valence-electron chi connectivity index (χ2n) is 5.44. The SMILES string of the molecule is [CH2]CCOC(=O)c1cccc(NC(=O)NS(=O)(=O)c2ccc(C)cc2)c1. The van der Waals surface area contributed by atoms with Gasteiger partial charge in [-0.15, -0.1) is 0 Å². The molecule has 2 aromatic rings. The maximum Gasteiger partial charge on any atom is 0.338 e. The van der Waals surface area contributed by atoms with Gasteiger partial charge in [-0.3, -0.25) is 0 Å². The predicted octanol–water partition coefficient (Wildman–Crippen LogP) is 2.89. The van der Waals surface area contributed by atoms with Gasteiger partial charge in [-0.2, -0.15) is 0 Å². The number of esters is 1. The molecule has 26 heavy (non-hydrogen) atoms. The van der Waals surface area contributed by atoms with Crippen molar-refractivity contribution >= 4 is 27.7 Å². The van der Waals surface area contributed by atoms with Crippen molar-refractivity contribution in [2.75, 3.05) is 11.9 Å². The molecule has 2 aromatic carbocycles. The Morgan fingerprint density at radius 1 is 1.12 bits per heavy atom. The van der Waals surface area contributed by atoms with E-state index in [2.05, 4.69) is 12.2 Å². The summed E-state index contributed by atoms with van der Waals surface area (Å²) in [4.78, 5) is 23.8. The standard InChI is InChI=1S/C18H19N2O5S/c1-3-11-25-17(21)14-5-4-6-15(12-14)19-18(22)20-26(23,24)16-9-7-13(2)8-10-16/h4-10,12H,1,3,11H2,2H3,(H2,19,20,22). The van der Waals surface area contributed by atoms with E-state index in [-0.39, 0.29) is 22.8 Å². The molecule has 0 aliphatic carbocycles. The molecule has 0 saturated carbocycles. The normalized spacial score (nSPS) is 10.8. The highest BCUT2D eigenvalue weighted by atomic mass is 32.2. The van der Waals surface area contributed by atoms with Gasteiger partial charge in [0.25, 0.3) is 10.0 Å². The van der Waals surface area contributed by atoms with Crippen molar-refractivity contribution < 1.29 is 22.7 Å². The van der Waals surface area contributed by atoms with Gasteiger partial charge < -0.3 is 10.1 Å². The highest BCUT2D eigenvalue weighted by molar-refractivity contribution is 7.90. The summed E-state index contributed by atoms with van der Waals surface area (Å²) in [5, 5.41) is 2.38. The zero-order valence-corrected chi connectivity index (χ0v) is 15.0. The number of aryl methyl sites for hydroxylation is 1. The Bertz CT molecular complexity index is 892. The summed E-state index contributed by atoms with van der Waals surface area (Å²) in [5.41, 5.74) is 1.39. The van der Waals surface area contributed by atoms with Crippen LogP contribution in [0.4, 0.5) is 10.5 Å². The number of rotatable bonds is 6. The molecule has 137 valence electrons. The monoisotopic (exact) mass is 375 g/mol. The van der Waals surface area contributed by atoms with Crippen molar-refractivity contribution in [2.45, 2.75) is 18.2 Å². The van der Waals surface area contributed by atoms with Crippen LogP contribution in [0.5, 0.6) is 0 Å². The van der Waals surface area contributed by atoms with Crippen LogP contribution in [0.25, 0.3) is 0 Å². The third-order valence-corrected chi connectivity index (χ3v) is 4.64. The smallest absolute Gasteiger partial charge is 0.338 e. The number of hydrogen-bond donors (Lipinski definition) is 2. The molecule has 0 atom stereocenters. The van der Waals surface area contributed by atoms with Crippen LogP contribution in [0.1, 0.15) is 22.3 Å². The lowest BCUT2D eigenvalue weighted by molar-refractivity contribution is 0.0511. The summed E-state index contributed by atoms with van der Waals surface area (Å²) in [6, 6.07) is 11.1. The molecule has 0 aliphatic heterocycles. The fourth-order valence-electron chi connectivity index (χ4n) is 2.03. The molecule has 0 aromatic heterocycles. The second kappa shape index (κ2) is 8.48. The number of anilines is 1. The van der Waals surface area contributed by atoms with Gasteiger partial charge in [0.05, 0.1) is 17.1 Å². The first kappa shape index (κ1) is 19.5. The van der Waals surface area contributed by atoms with Crippen LogP contribution in [0.3, 0.4) is 0 Å². The van der Waals surface area contributed by atoms with Crippen molar-refractivity contribution in [1.29, 1.82) is 0 Å². The van der Waals surface area contributed by atoms with Gasteiger partial charge >= 0.3 is 12.0 Å². The number of urea groups is 1. The van der Waals surface area contributed by atoms with Crippen LogP contribution < -0.4 is 10.0 Å². The largest absolute Gasteiger partial charge is 0.462 e. The third-order valence-electron chi connectivity index (χ3n) is 3.29. The molecule has 0 saturated heterocycles.